The smallest absolute Gasteiger partial charge is 0.223 e. The predicted molar refractivity (Wildman–Crippen MR) is 67.3 cm³/mol. The molecule has 0 heterocycles. The SMILES string of the molecule is CCC(C)NC(=O)C1CCC(C#N)(NC)CC1. The molecular weight excluding hydrogens is 214 g/mol. The molecule has 1 aliphatic rings. The van der Waals surface area contributed by atoms with E-state index in [1.807, 2.05) is 14.0 Å². The maximum atomic E-state index is 11.9. The lowest BCUT2D eigenvalue weighted by Crippen LogP contribution is -2.47. The maximum Gasteiger partial charge on any atom is 0.223 e. The van der Waals surface area contributed by atoms with Gasteiger partial charge in [-0.15, -0.1) is 0 Å². The summed E-state index contributed by atoms with van der Waals surface area (Å²) in [7, 11) is 1.82. The predicted octanol–water partition coefficient (Wildman–Crippen LogP) is 1.57. The molecule has 2 N–H and O–H groups in total. The van der Waals surface area contributed by atoms with Gasteiger partial charge < -0.3 is 10.6 Å². The van der Waals surface area contributed by atoms with Gasteiger partial charge >= 0.3 is 0 Å². The molecule has 0 aromatic heterocycles. The van der Waals surface area contributed by atoms with Crippen molar-refractivity contribution in [3.05, 3.63) is 0 Å². The van der Waals surface area contributed by atoms with Gasteiger partial charge in [0.05, 0.1) is 6.07 Å². The molecule has 0 bridgehead atoms. The Bertz CT molecular complexity index is 300. The quantitative estimate of drug-likeness (QED) is 0.780. The molecule has 1 atom stereocenters. The fourth-order valence-electron chi connectivity index (χ4n) is 2.25. The second kappa shape index (κ2) is 6.02. The Hall–Kier alpha value is -1.08. The highest BCUT2D eigenvalue weighted by Crippen LogP contribution is 2.31. The van der Waals surface area contributed by atoms with Gasteiger partial charge in [-0.1, -0.05) is 6.92 Å². The first-order valence-electron chi connectivity index (χ1n) is 6.47. The molecule has 1 aliphatic carbocycles. The lowest BCUT2D eigenvalue weighted by molar-refractivity contribution is -0.126. The van der Waals surface area contributed by atoms with E-state index in [1.165, 1.54) is 0 Å². The molecule has 0 spiro atoms. The van der Waals surface area contributed by atoms with Gasteiger partial charge in [0.15, 0.2) is 0 Å². The Labute approximate surface area is 104 Å². The van der Waals surface area contributed by atoms with Crippen molar-refractivity contribution in [1.29, 1.82) is 5.26 Å². The standard InChI is InChI=1S/C13H23N3O/c1-4-10(2)16-12(17)11-5-7-13(9-14,15-3)8-6-11/h10-11,15H,4-8H2,1-3H3,(H,16,17). The minimum atomic E-state index is -0.410. The Kier molecular flexibility index (Phi) is 4.95. The Balaban J connectivity index is 2.47. The summed E-state index contributed by atoms with van der Waals surface area (Å²) in [6, 6.07) is 2.58. The van der Waals surface area contributed by atoms with E-state index in [0.717, 1.165) is 32.1 Å². The summed E-state index contributed by atoms with van der Waals surface area (Å²) in [6.07, 6.45) is 4.08. The summed E-state index contributed by atoms with van der Waals surface area (Å²) >= 11 is 0. The van der Waals surface area contributed by atoms with E-state index < -0.39 is 5.54 Å². The number of nitriles is 1. The Morgan fingerprint density at radius 2 is 2.12 bits per heavy atom. The van der Waals surface area contributed by atoms with Crippen LogP contribution in [0.4, 0.5) is 0 Å². The van der Waals surface area contributed by atoms with Gasteiger partial charge in [0.2, 0.25) is 5.91 Å². The zero-order valence-corrected chi connectivity index (χ0v) is 11.0. The van der Waals surface area contributed by atoms with Crippen molar-refractivity contribution in [1.82, 2.24) is 10.6 Å². The van der Waals surface area contributed by atoms with Crippen LogP contribution in [0.1, 0.15) is 46.0 Å². The van der Waals surface area contributed by atoms with Crippen molar-refractivity contribution >= 4 is 5.91 Å². The number of carbonyl (C=O) groups excluding carboxylic acids is 1. The minimum absolute atomic E-state index is 0.0822. The number of carbonyl (C=O) groups is 1. The molecule has 4 nitrogen and oxygen atoms in total. The van der Waals surface area contributed by atoms with E-state index in [4.69, 9.17) is 5.26 Å². The lowest BCUT2D eigenvalue weighted by atomic mass is 9.77. The number of nitrogens with one attached hydrogen (secondary N) is 2. The highest BCUT2D eigenvalue weighted by Gasteiger charge is 2.36. The third-order valence-corrected chi connectivity index (χ3v) is 3.90. The molecule has 0 aromatic carbocycles. The molecule has 0 aromatic rings. The van der Waals surface area contributed by atoms with Crippen molar-refractivity contribution < 1.29 is 4.79 Å². The number of nitrogens with zero attached hydrogens (tertiary/aromatic N) is 1. The molecule has 1 unspecified atom stereocenters. The zero-order valence-electron chi connectivity index (χ0n) is 11.0. The van der Waals surface area contributed by atoms with E-state index in [9.17, 15) is 4.79 Å². The first-order valence-corrected chi connectivity index (χ1v) is 6.47. The van der Waals surface area contributed by atoms with Crippen molar-refractivity contribution in [3.8, 4) is 6.07 Å². The largest absolute Gasteiger partial charge is 0.353 e. The van der Waals surface area contributed by atoms with Crippen molar-refractivity contribution in [3.63, 3.8) is 0 Å². The second-order valence-electron chi connectivity index (χ2n) is 5.04. The number of hydrogen-bond donors (Lipinski definition) is 2. The number of rotatable bonds is 4. The van der Waals surface area contributed by atoms with E-state index >= 15 is 0 Å². The van der Waals surface area contributed by atoms with E-state index in [0.29, 0.717) is 0 Å². The van der Waals surface area contributed by atoms with E-state index in [1.54, 1.807) is 0 Å². The number of hydrogen-bond acceptors (Lipinski definition) is 3. The van der Waals surface area contributed by atoms with Crippen LogP contribution in [0.25, 0.3) is 0 Å². The maximum absolute atomic E-state index is 11.9. The highest BCUT2D eigenvalue weighted by atomic mass is 16.1. The van der Waals surface area contributed by atoms with Crippen LogP contribution in [0.3, 0.4) is 0 Å². The lowest BCUT2D eigenvalue weighted by Gasteiger charge is -2.34. The van der Waals surface area contributed by atoms with Crippen LogP contribution in [0, 0.1) is 17.2 Å². The van der Waals surface area contributed by atoms with E-state index in [2.05, 4.69) is 23.6 Å². The van der Waals surface area contributed by atoms with Gasteiger partial charge in [0, 0.05) is 12.0 Å². The molecule has 0 saturated heterocycles. The van der Waals surface area contributed by atoms with Crippen LogP contribution in [-0.4, -0.2) is 24.5 Å². The van der Waals surface area contributed by atoms with Crippen molar-refractivity contribution in [2.45, 2.75) is 57.5 Å². The van der Waals surface area contributed by atoms with Gasteiger partial charge in [-0.2, -0.15) is 5.26 Å². The van der Waals surface area contributed by atoms with Crippen LogP contribution in [0.2, 0.25) is 0 Å². The summed E-state index contributed by atoms with van der Waals surface area (Å²) < 4.78 is 0. The van der Waals surface area contributed by atoms with Crippen LogP contribution >= 0.6 is 0 Å². The molecule has 1 fully saturated rings. The van der Waals surface area contributed by atoms with Crippen LogP contribution in [0.5, 0.6) is 0 Å². The van der Waals surface area contributed by atoms with Crippen molar-refractivity contribution in [2.75, 3.05) is 7.05 Å². The summed E-state index contributed by atoms with van der Waals surface area (Å²) in [5.74, 6) is 0.237. The average molecular weight is 237 g/mol. The second-order valence-corrected chi connectivity index (χ2v) is 5.04. The molecule has 1 saturated carbocycles. The van der Waals surface area contributed by atoms with Gasteiger partial charge in [0.1, 0.15) is 5.54 Å². The summed E-state index contributed by atoms with van der Waals surface area (Å²) in [6.45, 7) is 4.08. The van der Waals surface area contributed by atoms with Crippen LogP contribution in [-0.2, 0) is 4.79 Å². The summed E-state index contributed by atoms with van der Waals surface area (Å²) in [4.78, 5) is 11.9. The van der Waals surface area contributed by atoms with Gasteiger partial charge in [-0.05, 0) is 46.1 Å². The van der Waals surface area contributed by atoms with Crippen molar-refractivity contribution in [2.24, 2.45) is 5.92 Å². The molecule has 1 amide bonds. The molecule has 4 heteroatoms. The Morgan fingerprint density at radius 3 is 2.53 bits per heavy atom. The normalized spacial score (nSPS) is 30.4. The number of amides is 1. The summed E-state index contributed by atoms with van der Waals surface area (Å²) in [5.41, 5.74) is -0.410. The minimum Gasteiger partial charge on any atom is -0.353 e. The molecular formula is C13H23N3O. The molecule has 0 radical (unpaired) electrons. The van der Waals surface area contributed by atoms with Crippen LogP contribution < -0.4 is 10.6 Å². The molecule has 1 rings (SSSR count). The zero-order chi connectivity index (χ0) is 12.9. The summed E-state index contributed by atoms with van der Waals surface area (Å²) in [5, 5.41) is 15.2. The molecule has 0 aliphatic heterocycles. The first-order chi connectivity index (χ1) is 8.06. The Morgan fingerprint density at radius 1 is 1.53 bits per heavy atom. The fraction of sp³-hybridized carbons (Fsp3) is 0.846. The van der Waals surface area contributed by atoms with Gasteiger partial charge in [-0.25, -0.2) is 0 Å². The highest BCUT2D eigenvalue weighted by molar-refractivity contribution is 5.79. The third-order valence-electron chi connectivity index (χ3n) is 3.90. The van der Waals surface area contributed by atoms with Gasteiger partial charge in [-0.3, -0.25) is 4.79 Å². The average Bonchev–Trinajstić information content (AvgIpc) is 2.38. The monoisotopic (exact) mass is 237 g/mol. The molecule has 17 heavy (non-hydrogen) atoms. The van der Waals surface area contributed by atoms with Gasteiger partial charge in [0.25, 0.3) is 0 Å². The molecule has 96 valence electrons. The van der Waals surface area contributed by atoms with E-state index in [-0.39, 0.29) is 17.9 Å². The third kappa shape index (κ3) is 3.44. The topological polar surface area (TPSA) is 64.9 Å². The van der Waals surface area contributed by atoms with Crippen LogP contribution in [0.15, 0.2) is 0 Å². The first kappa shape index (κ1) is 14.0. The fourth-order valence-corrected chi connectivity index (χ4v) is 2.25.